The summed E-state index contributed by atoms with van der Waals surface area (Å²) in [5, 5.41) is 1.06. The minimum absolute atomic E-state index is 0.246. The number of aryl methyl sites for hydroxylation is 2. The molecule has 3 heterocycles. The van der Waals surface area contributed by atoms with Gasteiger partial charge >= 0.3 is 6.09 Å². The monoisotopic (exact) mass is 361 g/mol. The van der Waals surface area contributed by atoms with Crippen LogP contribution in [0.2, 0.25) is 0 Å². The van der Waals surface area contributed by atoms with E-state index in [9.17, 15) is 4.79 Å². The van der Waals surface area contributed by atoms with Crippen molar-refractivity contribution in [1.29, 1.82) is 0 Å². The molecule has 1 amide bonds. The molecular weight excluding hydrogens is 338 g/mol. The molecule has 0 radical (unpaired) electrons. The van der Waals surface area contributed by atoms with E-state index in [-0.39, 0.29) is 6.09 Å². The molecule has 4 rings (SSSR count). The fourth-order valence-electron chi connectivity index (χ4n) is 3.62. The number of nitrogens with two attached hydrogens (primary N) is 1. The van der Waals surface area contributed by atoms with Crippen LogP contribution >= 0.6 is 11.3 Å². The van der Waals surface area contributed by atoms with Gasteiger partial charge in [0.05, 0.1) is 12.0 Å². The number of hydrogen-bond acceptors (Lipinski definition) is 7. The van der Waals surface area contributed by atoms with E-state index in [4.69, 9.17) is 15.5 Å². The number of fused-ring (bicyclic) bond motifs is 3. The van der Waals surface area contributed by atoms with Gasteiger partial charge in [-0.1, -0.05) is 0 Å². The van der Waals surface area contributed by atoms with Crippen molar-refractivity contribution in [2.24, 2.45) is 0 Å². The summed E-state index contributed by atoms with van der Waals surface area (Å²) in [5.74, 6) is 1.26. The van der Waals surface area contributed by atoms with Crippen LogP contribution in [0.3, 0.4) is 0 Å². The number of rotatable bonds is 2. The molecule has 0 atom stereocenters. The molecule has 1 aliphatic carbocycles. The van der Waals surface area contributed by atoms with Crippen molar-refractivity contribution in [2.45, 2.75) is 32.6 Å². The van der Waals surface area contributed by atoms with Crippen LogP contribution in [0.15, 0.2) is 0 Å². The van der Waals surface area contributed by atoms with Gasteiger partial charge in [-0.05, 0) is 38.2 Å². The van der Waals surface area contributed by atoms with Crippen molar-refractivity contribution in [3.8, 4) is 0 Å². The van der Waals surface area contributed by atoms with Gasteiger partial charge < -0.3 is 20.3 Å². The van der Waals surface area contributed by atoms with Crippen LogP contribution in [0.1, 0.15) is 30.2 Å². The van der Waals surface area contributed by atoms with Crippen molar-refractivity contribution < 1.29 is 9.53 Å². The Bertz CT molecular complexity index is 798. The smallest absolute Gasteiger partial charge is 0.409 e. The zero-order chi connectivity index (χ0) is 17.4. The molecular formula is C17H23N5O2S. The Kier molecular flexibility index (Phi) is 4.37. The maximum absolute atomic E-state index is 11.8. The molecule has 2 aliphatic rings. The molecule has 1 saturated heterocycles. The van der Waals surface area contributed by atoms with Crippen LogP contribution in [0.5, 0.6) is 0 Å². The van der Waals surface area contributed by atoms with Gasteiger partial charge in [0.2, 0.25) is 5.95 Å². The SMILES string of the molecule is CCOC(=O)N1CCN(c2nc(N)c3c4c(sc3n2)CCCC4)CC1. The molecule has 0 aromatic carbocycles. The van der Waals surface area contributed by atoms with Crippen LogP contribution in [-0.2, 0) is 17.6 Å². The third kappa shape index (κ3) is 2.99. The first-order valence-electron chi connectivity index (χ1n) is 8.91. The molecule has 134 valence electrons. The molecule has 0 bridgehead atoms. The topological polar surface area (TPSA) is 84.6 Å². The molecule has 2 aromatic heterocycles. The summed E-state index contributed by atoms with van der Waals surface area (Å²) in [7, 11) is 0. The number of hydrogen-bond donors (Lipinski definition) is 1. The molecule has 0 spiro atoms. The van der Waals surface area contributed by atoms with Crippen LogP contribution in [0.25, 0.3) is 10.2 Å². The average Bonchev–Trinajstić information content (AvgIpc) is 3.01. The summed E-state index contributed by atoms with van der Waals surface area (Å²) in [4.78, 5) is 27.4. The lowest BCUT2D eigenvalue weighted by Gasteiger charge is -2.34. The van der Waals surface area contributed by atoms with Gasteiger partial charge in [-0.15, -0.1) is 11.3 Å². The van der Waals surface area contributed by atoms with E-state index in [2.05, 4.69) is 9.88 Å². The average molecular weight is 361 g/mol. The Hall–Kier alpha value is -2.09. The van der Waals surface area contributed by atoms with Gasteiger partial charge in [-0.25, -0.2) is 9.78 Å². The third-order valence-corrected chi connectivity index (χ3v) is 6.11. The number of nitrogen functional groups attached to an aromatic ring is 1. The predicted octanol–water partition coefficient (Wildman–Crippen LogP) is 2.43. The van der Waals surface area contributed by atoms with E-state index in [1.165, 1.54) is 23.3 Å². The molecule has 1 fully saturated rings. The number of thiophene rings is 1. The highest BCUT2D eigenvalue weighted by molar-refractivity contribution is 7.19. The lowest BCUT2D eigenvalue weighted by Crippen LogP contribution is -2.49. The number of carbonyl (C=O) groups excluding carboxylic acids is 1. The van der Waals surface area contributed by atoms with Gasteiger partial charge in [0.1, 0.15) is 10.6 Å². The quantitative estimate of drug-likeness (QED) is 0.884. The fourth-order valence-corrected chi connectivity index (χ4v) is 4.88. The van der Waals surface area contributed by atoms with Gasteiger partial charge in [-0.2, -0.15) is 4.98 Å². The van der Waals surface area contributed by atoms with E-state index in [0.29, 0.717) is 44.6 Å². The van der Waals surface area contributed by atoms with Crippen LogP contribution in [0.4, 0.5) is 16.6 Å². The second-order valence-electron chi connectivity index (χ2n) is 6.47. The van der Waals surface area contributed by atoms with E-state index in [0.717, 1.165) is 23.1 Å². The Morgan fingerprint density at radius 2 is 1.96 bits per heavy atom. The van der Waals surface area contributed by atoms with Crippen molar-refractivity contribution in [3.63, 3.8) is 0 Å². The summed E-state index contributed by atoms with van der Waals surface area (Å²) in [6, 6.07) is 0. The molecule has 7 nitrogen and oxygen atoms in total. The predicted molar refractivity (Wildman–Crippen MR) is 99.3 cm³/mol. The number of ether oxygens (including phenoxy) is 1. The maximum Gasteiger partial charge on any atom is 0.409 e. The molecule has 0 unspecified atom stereocenters. The molecule has 1 aliphatic heterocycles. The summed E-state index contributed by atoms with van der Waals surface area (Å²) in [6.07, 6.45) is 4.43. The lowest BCUT2D eigenvalue weighted by molar-refractivity contribution is 0.105. The number of anilines is 2. The van der Waals surface area contributed by atoms with Crippen LogP contribution in [0, 0.1) is 0 Å². The number of piperazine rings is 1. The van der Waals surface area contributed by atoms with E-state index in [1.807, 2.05) is 6.92 Å². The molecule has 0 saturated carbocycles. The van der Waals surface area contributed by atoms with E-state index in [1.54, 1.807) is 16.2 Å². The van der Waals surface area contributed by atoms with Gasteiger partial charge in [-0.3, -0.25) is 0 Å². The number of nitrogens with zero attached hydrogens (tertiary/aromatic N) is 4. The largest absolute Gasteiger partial charge is 0.450 e. The number of aromatic nitrogens is 2. The second kappa shape index (κ2) is 6.67. The zero-order valence-electron chi connectivity index (χ0n) is 14.5. The normalized spacial score (nSPS) is 17.6. The van der Waals surface area contributed by atoms with Crippen molar-refractivity contribution in [1.82, 2.24) is 14.9 Å². The number of carbonyl (C=O) groups is 1. The second-order valence-corrected chi connectivity index (χ2v) is 7.56. The highest BCUT2D eigenvalue weighted by Gasteiger charge is 2.25. The molecule has 2 N–H and O–H groups in total. The van der Waals surface area contributed by atoms with Crippen molar-refractivity contribution in [2.75, 3.05) is 43.4 Å². The van der Waals surface area contributed by atoms with Crippen molar-refractivity contribution >= 4 is 39.4 Å². The van der Waals surface area contributed by atoms with E-state index < -0.39 is 0 Å². The highest BCUT2D eigenvalue weighted by Crippen LogP contribution is 2.38. The number of amides is 1. The summed E-state index contributed by atoms with van der Waals surface area (Å²) < 4.78 is 5.06. The highest BCUT2D eigenvalue weighted by atomic mass is 32.1. The van der Waals surface area contributed by atoms with Crippen LogP contribution < -0.4 is 10.6 Å². The first-order valence-corrected chi connectivity index (χ1v) is 9.73. The third-order valence-electron chi connectivity index (χ3n) is 4.92. The minimum Gasteiger partial charge on any atom is -0.450 e. The Morgan fingerprint density at radius 1 is 1.20 bits per heavy atom. The Morgan fingerprint density at radius 3 is 2.72 bits per heavy atom. The summed E-state index contributed by atoms with van der Waals surface area (Å²) >= 11 is 1.76. The van der Waals surface area contributed by atoms with Crippen molar-refractivity contribution in [3.05, 3.63) is 10.4 Å². The van der Waals surface area contributed by atoms with E-state index >= 15 is 0 Å². The standard InChI is InChI=1S/C17H23N5O2S/c1-2-24-17(23)22-9-7-21(8-10-22)16-19-14(18)13-11-5-3-4-6-12(11)25-15(13)20-16/h2-10H2,1H3,(H2,18,19,20). The first-order chi connectivity index (χ1) is 12.2. The zero-order valence-corrected chi connectivity index (χ0v) is 15.3. The minimum atomic E-state index is -0.246. The molecule has 25 heavy (non-hydrogen) atoms. The molecule has 8 heteroatoms. The summed E-state index contributed by atoms with van der Waals surface area (Å²) in [6.45, 7) is 4.82. The Balaban J connectivity index is 1.56. The summed E-state index contributed by atoms with van der Waals surface area (Å²) in [5.41, 5.74) is 7.66. The van der Waals surface area contributed by atoms with Gasteiger partial charge in [0.25, 0.3) is 0 Å². The molecule has 2 aromatic rings. The Labute approximate surface area is 150 Å². The van der Waals surface area contributed by atoms with Gasteiger partial charge in [0, 0.05) is 31.1 Å². The fraction of sp³-hybridized carbons (Fsp3) is 0.588. The van der Waals surface area contributed by atoms with Crippen LogP contribution in [-0.4, -0.2) is 53.7 Å². The van der Waals surface area contributed by atoms with Gasteiger partial charge in [0.15, 0.2) is 0 Å². The first kappa shape index (κ1) is 16.4. The lowest BCUT2D eigenvalue weighted by atomic mass is 9.97. The maximum atomic E-state index is 11.8.